The van der Waals surface area contributed by atoms with Gasteiger partial charge in [0.2, 0.25) is 16.9 Å². The van der Waals surface area contributed by atoms with Gasteiger partial charge in [-0.25, -0.2) is 0 Å². The minimum atomic E-state index is -6.00. The molecule has 0 bridgehead atoms. The Bertz CT molecular complexity index is 992. The van der Waals surface area contributed by atoms with Crippen LogP contribution in [0.15, 0.2) is 48.0 Å². The van der Waals surface area contributed by atoms with E-state index in [1.807, 2.05) is 11.3 Å². The maximum atomic E-state index is 9.75. The Labute approximate surface area is 179 Å². The van der Waals surface area contributed by atoms with E-state index in [9.17, 15) is 17.3 Å². The Kier molecular flexibility index (Phi) is 6.70. The van der Waals surface area contributed by atoms with Crippen molar-refractivity contribution in [2.75, 3.05) is 0 Å². The van der Waals surface area contributed by atoms with Crippen molar-refractivity contribution in [3.63, 3.8) is 0 Å². The highest BCUT2D eigenvalue weighted by Gasteiger charge is 2.32. The van der Waals surface area contributed by atoms with E-state index < -0.39 is 7.25 Å². The van der Waals surface area contributed by atoms with E-state index >= 15 is 0 Å². The molecule has 1 nitrogen and oxygen atoms in total. The van der Waals surface area contributed by atoms with Gasteiger partial charge in [0.25, 0.3) is 0 Å². The highest BCUT2D eigenvalue weighted by Crippen LogP contribution is 2.36. The summed E-state index contributed by atoms with van der Waals surface area (Å²) in [5.41, 5.74) is 10.9. The van der Waals surface area contributed by atoms with Gasteiger partial charge in [-0.1, -0.05) is 75.4 Å². The van der Waals surface area contributed by atoms with Crippen LogP contribution in [-0.2, 0) is 12.8 Å². The van der Waals surface area contributed by atoms with E-state index in [1.165, 1.54) is 38.5 Å². The lowest BCUT2D eigenvalue weighted by molar-refractivity contribution is -0.580. The standard InChI is InChI=1S/C23H26NS.BF4/c1-15(2)18-10-7-11-19(16(3)4)22(18)24-14-25-21-13-12-17-8-5-6-9-20(17)23(21)24;2-1(3,4)5/h5-11,14-16H,12-13H2,1-4H3;/q+1;-1. The van der Waals surface area contributed by atoms with Crippen molar-refractivity contribution in [3.8, 4) is 16.9 Å². The zero-order valence-corrected chi connectivity index (χ0v) is 18.4. The molecule has 0 spiro atoms. The molecule has 0 aliphatic heterocycles. The SMILES string of the molecule is CC(C)c1cccc(C(C)C)c1-[n+]1csc2c1-c1ccccc1CC2.F[B-](F)(F)F. The van der Waals surface area contributed by atoms with Gasteiger partial charge in [-0.05, 0) is 36.3 Å². The second-order valence-corrected chi connectivity index (χ2v) is 9.05. The lowest BCUT2D eigenvalue weighted by atomic mass is 9.90. The normalized spacial score (nSPS) is 13.0. The van der Waals surface area contributed by atoms with Crippen molar-refractivity contribution in [3.05, 3.63) is 69.5 Å². The zero-order chi connectivity index (χ0) is 22.1. The third-order valence-corrected chi connectivity index (χ3v) is 6.28. The molecule has 3 aromatic rings. The molecule has 30 heavy (non-hydrogen) atoms. The van der Waals surface area contributed by atoms with Gasteiger partial charge >= 0.3 is 7.25 Å². The molecule has 0 radical (unpaired) electrons. The maximum Gasteiger partial charge on any atom is 0.673 e. The van der Waals surface area contributed by atoms with Crippen LogP contribution in [0.5, 0.6) is 0 Å². The van der Waals surface area contributed by atoms with E-state index in [-0.39, 0.29) is 0 Å². The summed E-state index contributed by atoms with van der Waals surface area (Å²) in [6.45, 7) is 9.21. The fourth-order valence-corrected chi connectivity index (χ4v) is 4.97. The molecular formula is C23H26BF4NS. The second kappa shape index (κ2) is 8.92. The van der Waals surface area contributed by atoms with E-state index in [1.54, 1.807) is 0 Å². The highest BCUT2D eigenvalue weighted by molar-refractivity contribution is 7.09. The Morgan fingerprint density at radius 2 is 1.40 bits per heavy atom. The van der Waals surface area contributed by atoms with Gasteiger partial charge < -0.3 is 17.3 Å². The van der Waals surface area contributed by atoms with E-state index in [2.05, 4.69) is 80.2 Å². The van der Waals surface area contributed by atoms with Crippen LogP contribution in [0.2, 0.25) is 0 Å². The van der Waals surface area contributed by atoms with Gasteiger partial charge in [0.1, 0.15) is 0 Å². The average Bonchev–Trinajstić information content (AvgIpc) is 3.10. The first-order chi connectivity index (χ1) is 14.1. The molecule has 7 heteroatoms. The summed E-state index contributed by atoms with van der Waals surface area (Å²) in [5.74, 6) is 1.02. The molecule has 0 unspecified atom stereocenters. The summed E-state index contributed by atoms with van der Waals surface area (Å²) in [7, 11) is -6.00. The smallest absolute Gasteiger partial charge is 0.418 e. The molecule has 0 fully saturated rings. The first kappa shape index (κ1) is 22.5. The van der Waals surface area contributed by atoms with Crippen molar-refractivity contribution in [1.82, 2.24) is 0 Å². The topological polar surface area (TPSA) is 3.88 Å². The molecule has 1 aromatic heterocycles. The molecule has 160 valence electrons. The Morgan fingerprint density at radius 1 is 0.833 bits per heavy atom. The van der Waals surface area contributed by atoms with E-state index in [4.69, 9.17) is 0 Å². The predicted octanol–water partition coefficient (Wildman–Crippen LogP) is 7.34. The number of fused-ring (bicyclic) bond motifs is 3. The van der Waals surface area contributed by atoms with Crippen LogP contribution in [-0.4, -0.2) is 7.25 Å². The minimum Gasteiger partial charge on any atom is -0.418 e. The summed E-state index contributed by atoms with van der Waals surface area (Å²) in [5, 5.41) is 0. The number of hydrogen-bond donors (Lipinski definition) is 0. The van der Waals surface area contributed by atoms with Gasteiger partial charge in [0.15, 0.2) is 0 Å². The molecule has 2 aromatic carbocycles. The number of benzene rings is 2. The first-order valence-electron chi connectivity index (χ1n) is 10.2. The zero-order valence-electron chi connectivity index (χ0n) is 17.6. The van der Waals surface area contributed by atoms with Crippen LogP contribution < -0.4 is 4.57 Å². The molecule has 0 saturated heterocycles. The second-order valence-electron chi connectivity index (χ2n) is 8.11. The lowest BCUT2D eigenvalue weighted by Crippen LogP contribution is -2.35. The molecule has 0 atom stereocenters. The summed E-state index contributed by atoms with van der Waals surface area (Å²) in [4.78, 5) is 1.52. The molecule has 0 amide bonds. The van der Waals surface area contributed by atoms with Gasteiger partial charge in [-0.15, -0.1) is 4.57 Å². The quantitative estimate of drug-likeness (QED) is 0.230. The Balaban J connectivity index is 0.000000461. The largest absolute Gasteiger partial charge is 0.673 e. The predicted molar refractivity (Wildman–Crippen MR) is 117 cm³/mol. The summed E-state index contributed by atoms with van der Waals surface area (Å²) < 4.78 is 41.5. The van der Waals surface area contributed by atoms with Gasteiger partial charge in [0.05, 0.1) is 10.4 Å². The number of rotatable bonds is 3. The number of nitrogens with zero attached hydrogens (tertiary/aromatic N) is 1. The van der Waals surface area contributed by atoms with Crippen LogP contribution in [0, 0.1) is 0 Å². The monoisotopic (exact) mass is 435 g/mol. The highest BCUT2D eigenvalue weighted by atomic mass is 32.1. The molecular weight excluding hydrogens is 409 g/mol. The van der Waals surface area contributed by atoms with Crippen molar-refractivity contribution in [2.24, 2.45) is 0 Å². The molecule has 1 aliphatic rings. The minimum absolute atomic E-state index is 0.510. The summed E-state index contributed by atoms with van der Waals surface area (Å²) >= 11 is 1.91. The van der Waals surface area contributed by atoms with Crippen molar-refractivity contribution in [2.45, 2.75) is 52.4 Å². The van der Waals surface area contributed by atoms with E-state index in [0.29, 0.717) is 11.8 Å². The number of para-hydroxylation sites is 1. The summed E-state index contributed by atoms with van der Waals surface area (Å²) in [6.07, 6.45) is 2.32. The molecule has 1 aliphatic carbocycles. The number of halogens is 4. The van der Waals surface area contributed by atoms with Crippen LogP contribution >= 0.6 is 11.3 Å². The summed E-state index contributed by atoms with van der Waals surface area (Å²) in [6, 6.07) is 15.8. The van der Waals surface area contributed by atoms with Crippen molar-refractivity contribution in [1.29, 1.82) is 0 Å². The van der Waals surface area contributed by atoms with Crippen LogP contribution in [0.3, 0.4) is 0 Å². The lowest BCUT2D eigenvalue weighted by Gasteiger charge is -2.17. The van der Waals surface area contributed by atoms with Crippen molar-refractivity contribution >= 4 is 18.6 Å². The number of aryl methyl sites for hydroxylation is 2. The fraction of sp³-hybridized carbons (Fsp3) is 0.348. The van der Waals surface area contributed by atoms with Gasteiger partial charge in [-0.3, -0.25) is 0 Å². The molecule has 0 N–H and O–H groups in total. The molecule has 1 heterocycles. The fourth-order valence-electron chi connectivity index (χ4n) is 3.99. The number of hydrogen-bond acceptors (Lipinski definition) is 1. The van der Waals surface area contributed by atoms with Crippen molar-refractivity contribution < 1.29 is 21.8 Å². The molecule has 4 rings (SSSR count). The van der Waals surface area contributed by atoms with E-state index in [0.717, 1.165) is 12.8 Å². The average molecular weight is 435 g/mol. The van der Waals surface area contributed by atoms with Gasteiger partial charge in [0, 0.05) is 11.1 Å². The number of aromatic nitrogens is 1. The third kappa shape index (κ3) is 4.94. The Morgan fingerprint density at radius 3 is 1.97 bits per heavy atom. The van der Waals surface area contributed by atoms with Crippen LogP contribution in [0.1, 0.15) is 61.1 Å². The van der Waals surface area contributed by atoms with Gasteiger partial charge in [-0.2, -0.15) is 0 Å². The maximum absolute atomic E-state index is 9.75. The first-order valence-corrected chi connectivity index (χ1v) is 11.1. The molecule has 0 saturated carbocycles. The third-order valence-electron chi connectivity index (χ3n) is 5.28. The Hall–Kier alpha value is -2.15. The van der Waals surface area contributed by atoms with Crippen LogP contribution in [0.4, 0.5) is 17.3 Å². The van der Waals surface area contributed by atoms with Crippen LogP contribution in [0.25, 0.3) is 16.9 Å². The number of thiazole rings is 1.